The second-order valence-corrected chi connectivity index (χ2v) is 10.1. The molecule has 1 aliphatic heterocycles. The number of carbonyl (C=O) groups is 1. The molecule has 0 unspecified atom stereocenters. The van der Waals surface area contributed by atoms with Gasteiger partial charge in [0, 0.05) is 31.2 Å². The smallest absolute Gasteiger partial charge is 0.233 e. The average Bonchev–Trinajstić information content (AvgIpc) is 3.11. The number of rotatable bonds is 4. The molecule has 1 saturated carbocycles. The highest BCUT2D eigenvalue weighted by Gasteiger charge is 2.45. The lowest BCUT2D eigenvalue weighted by molar-refractivity contribution is -0.138. The maximum absolute atomic E-state index is 13.4. The highest BCUT2D eigenvalue weighted by Crippen LogP contribution is 2.43. The van der Waals surface area contributed by atoms with Crippen LogP contribution in [0.4, 0.5) is 0 Å². The molecule has 26 heavy (non-hydrogen) atoms. The van der Waals surface area contributed by atoms with Crippen LogP contribution in [0.25, 0.3) is 0 Å². The number of hydrogen-bond donors (Lipinski definition) is 0. The summed E-state index contributed by atoms with van der Waals surface area (Å²) in [7, 11) is -1.57. The van der Waals surface area contributed by atoms with Crippen molar-refractivity contribution in [2.75, 3.05) is 26.4 Å². The lowest BCUT2D eigenvalue weighted by Gasteiger charge is -2.40. The molecule has 1 heterocycles. The second-order valence-electron chi connectivity index (χ2n) is 7.60. The van der Waals surface area contributed by atoms with Gasteiger partial charge in [-0.3, -0.25) is 4.79 Å². The molecule has 5 nitrogen and oxygen atoms in total. The molecule has 0 bridgehead atoms. The van der Waals surface area contributed by atoms with Gasteiger partial charge in [0.2, 0.25) is 15.9 Å². The Bertz CT molecular complexity index is 749. The van der Waals surface area contributed by atoms with Crippen molar-refractivity contribution in [1.29, 1.82) is 0 Å². The van der Waals surface area contributed by atoms with Crippen LogP contribution in [0.15, 0.2) is 24.3 Å². The topological polar surface area (TPSA) is 57.7 Å². The summed E-state index contributed by atoms with van der Waals surface area (Å²) >= 11 is 6.03. The van der Waals surface area contributed by atoms with E-state index in [1.807, 2.05) is 29.2 Å². The number of amides is 1. The Morgan fingerprint density at radius 2 is 1.69 bits per heavy atom. The number of likely N-dealkylation sites (tertiary alicyclic amines) is 1. The highest BCUT2D eigenvalue weighted by molar-refractivity contribution is 7.88. The van der Waals surface area contributed by atoms with Crippen molar-refractivity contribution >= 4 is 27.5 Å². The fraction of sp³-hybridized carbons (Fsp3) is 0.632. The minimum Gasteiger partial charge on any atom is -0.342 e. The summed E-state index contributed by atoms with van der Waals surface area (Å²) in [6.07, 6.45) is 6.47. The number of hydrogen-bond acceptors (Lipinski definition) is 3. The van der Waals surface area contributed by atoms with Gasteiger partial charge in [-0.25, -0.2) is 12.7 Å². The predicted molar refractivity (Wildman–Crippen MR) is 104 cm³/mol. The van der Waals surface area contributed by atoms with Crippen LogP contribution in [0.5, 0.6) is 0 Å². The third-order valence-corrected chi connectivity index (χ3v) is 7.65. The lowest BCUT2D eigenvalue weighted by atomic mass is 9.77. The van der Waals surface area contributed by atoms with Gasteiger partial charge in [0.05, 0.1) is 11.7 Å². The Hall–Kier alpha value is -1.11. The van der Waals surface area contributed by atoms with Crippen molar-refractivity contribution < 1.29 is 13.2 Å². The number of sulfonamides is 1. The van der Waals surface area contributed by atoms with Crippen LogP contribution >= 0.6 is 11.6 Å². The van der Waals surface area contributed by atoms with Crippen LogP contribution in [0.3, 0.4) is 0 Å². The summed E-state index contributed by atoms with van der Waals surface area (Å²) in [4.78, 5) is 15.4. The third-order valence-electron chi connectivity index (χ3n) is 6.05. The third kappa shape index (κ3) is 3.78. The average molecular weight is 399 g/mol. The molecule has 2 aliphatic rings. The van der Waals surface area contributed by atoms with E-state index in [2.05, 4.69) is 0 Å². The normalized spacial score (nSPS) is 21.3. The van der Waals surface area contributed by atoms with Crippen molar-refractivity contribution in [2.45, 2.75) is 50.0 Å². The lowest BCUT2D eigenvalue weighted by Crippen LogP contribution is -2.52. The van der Waals surface area contributed by atoms with E-state index in [4.69, 9.17) is 11.6 Å². The summed E-state index contributed by atoms with van der Waals surface area (Å²) in [6, 6.07) is 7.66. The fourth-order valence-corrected chi connectivity index (χ4v) is 5.26. The Morgan fingerprint density at radius 3 is 2.19 bits per heavy atom. The van der Waals surface area contributed by atoms with Gasteiger partial charge in [-0.15, -0.1) is 0 Å². The molecule has 1 saturated heterocycles. The molecule has 0 atom stereocenters. The van der Waals surface area contributed by atoms with E-state index >= 15 is 0 Å². The summed E-state index contributed by atoms with van der Waals surface area (Å²) in [5.41, 5.74) is 0.611. The first-order valence-corrected chi connectivity index (χ1v) is 11.4. The van der Waals surface area contributed by atoms with E-state index in [0.717, 1.165) is 31.2 Å². The molecule has 3 rings (SSSR count). The van der Waals surface area contributed by atoms with Gasteiger partial charge in [0.15, 0.2) is 0 Å². The van der Waals surface area contributed by atoms with Crippen molar-refractivity contribution in [2.24, 2.45) is 0 Å². The van der Waals surface area contributed by atoms with Crippen LogP contribution in [0.2, 0.25) is 5.02 Å². The Kier molecular flexibility index (Phi) is 5.66. The zero-order valence-electron chi connectivity index (χ0n) is 15.4. The molecule has 1 aliphatic carbocycles. The Labute approximate surface area is 161 Å². The standard InChI is InChI=1S/C19H27ClN2O3S/c1-21(26(2,24)25)17-9-13-22(14-10-17)18(23)19(11-3-4-12-19)15-5-7-16(20)8-6-15/h5-8,17H,3-4,9-14H2,1-2H3. The van der Waals surface area contributed by atoms with Gasteiger partial charge in [-0.05, 0) is 43.4 Å². The zero-order chi connectivity index (χ0) is 18.9. The van der Waals surface area contributed by atoms with Gasteiger partial charge < -0.3 is 4.90 Å². The molecule has 1 aromatic rings. The Balaban J connectivity index is 1.75. The fourth-order valence-electron chi connectivity index (χ4n) is 4.38. The largest absolute Gasteiger partial charge is 0.342 e. The molecule has 0 spiro atoms. The molecule has 1 amide bonds. The molecule has 2 fully saturated rings. The van der Waals surface area contributed by atoms with E-state index < -0.39 is 15.4 Å². The summed E-state index contributed by atoms with van der Waals surface area (Å²) < 4.78 is 25.0. The summed E-state index contributed by atoms with van der Waals surface area (Å²) in [5.74, 6) is 0.192. The quantitative estimate of drug-likeness (QED) is 0.783. The van der Waals surface area contributed by atoms with E-state index in [9.17, 15) is 13.2 Å². The van der Waals surface area contributed by atoms with Crippen LogP contribution in [-0.4, -0.2) is 56.0 Å². The highest BCUT2D eigenvalue weighted by atomic mass is 35.5. The zero-order valence-corrected chi connectivity index (χ0v) is 17.0. The van der Waals surface area contributed by atoms with Crippen molar-refractivity contribution in [3.8, 4) is 0 Å². The molecule has 7 heteroatoms. The molecule has 0 aromatic heterocycles. The van der Waals surface area contributed by atoms with E-state index in [-0.39, 0.29) is 11.9 Å². The number of piperidine rings is 1. The number of halogens is 1. The van der Waals surface area contributed by atoms with Gasteiger partial charge in [0.1, 0.15) is 0 Å². The van der Waals surface area contributed by atoms with Crippen LogP contribution in [0.1, 0.15) is 44.1 Å². The number of benzene rings is 1. The van der Waals surface area contributed by atoms with Crippen molar-refractivity contribution in [1.82, 2.24) is 9.21 Å². The van der Waals surface area contributed by atoms with Gasteiger partial charge in [-0.2, -0.15) is 0 Å². The maximum atomic E-state index is 13.4. The van der Waals surface area contributed by atoms with E-state index in [1.54, 1.807) is 7.05 Å². The molecular weight excluding hydrogens is 372 g/mol. The first-order valence-electron chi connectivity index (χ1n) is 9.22. The maximum Gasteiger partial charge on any atom is 0.233 e. The first kappa shape index (κ1) is 19.6. The van der Waals surface area contributed by atoms with Crippen LogP contribution < -0.4 is 0 Å². The second kappa shape index (κ2) is 7.49. The molecule has 1 aromatic carbocycles. The minimum atomic E-state index is -3.20. The number of carbonyl (C=O) groups excluding carboxylic acids is 1. The number of nitrogens with zero attached hydrogens (tertiary/aromatic N) is 2. The van der Waals surface area contributed by atoms with Crippen LogP contribution in [0, 0.1) is 0 Å². The first-order chi connectivity index (χ1) is 12.2. The molecule has 0 radical (unpaired) electrons. The molecule has 144 valence electrons. The van der Waals surface area contributed by atoms with E-state index in [1.165, 1.54) is 10.6 Å². The molecular formula is C19H27ClN2O3S. The van der Waals surface area contributed by atoms with Gasteiger partial charge in [-0.1, -0.05) is 36.6 Å². The Morgan fingerprint density at radius 1 is 1.15 bits per heavy atom. The van der Waals surface area contributed by atoms with Gasteiger partial charge >= 0.3 is 0 Å². The van der Waals surface area contributed by atoms with Gasteiger partial charge in [0.25, 0.3) is 0 Å². The van der Waals surface area contributed by atoms with E-state index in [0.29, 0.717) is 31.0 Å². The molecule has 0 N–H and O–H groups in total. The summed E-state index contributed by atoms with van der Waals surface area (Å²) in [6.45, 7) is 1.22. The van der Waals surface area contributed by atoms with Crippen molar-refractivity contribution in [3.05, 3.63) is 34.9 Å². The SMILES string of the molecule is CN(C1CCN(C(=O)C2(c3ccc(Cl)cc3)CCCC2)CC1)S(C)(=O)=O. The predicted octanol–water partition coefficient (Wildman–Crippen LogP) is 3.03. The monoisotopic (exact) mass is 398 g/mol. The summed E-state index contributed by atoms with van der Waals surface area (Å²) in [5, 5.41) is 0.680. The van der Waals surface area contributed by atoms with Crippen molar-refractivity contribution in [3.63, 3.8) is 0 Å². The van der Waals surface area contributed by atoms with Crippen LogP contribution in [-0.2, 0) is 20.2 Å². The minimum absolute atomic E-state index is 0.0240.